The molecule has 0 saturated heterocycles. The fraction of sp³-hybridized carbons (Fsp3) is 0.312. The van der Waals surface area contributed by atoms with Crippen molar-refractivity contribution in [2.45, 2.75) is 18.3 Å². The van der Waals surface area contributed by atoms with Gasteiger partial charge in [0.2, 0.25) is 5.66 Å². The van der Waals surface area contributed by atoms with Crippen LogP contribution in [0.4, 0.5) is 13.2 Å². The van der Waals surface area contributed by atoms with Crippen LogP contribution in [0.5, 0.6) is 5.75 Å². The van der Waals surface area contributed by atoms with Gasteiger partial charge in [0.1, 0.15) is 5.75 Å². The first kappa shape index (κ1) is 18.1. The molecule has 0 aliphatic carbocycles. The summed E-state index contributed by atoms with van der Waals surface area (Å²) in [5.41, 5.74) is 3.69. The summed E-state index contributed by atoms with van der Waals surface area (Å²) in [6.45, 7) is 0.0936. The number of hydrogen-bond acceptors (Lipinski definition) is 3. The van der Waals surface area contributed by atoms with Crippen LogP contribution in [-0.2, 0) is 6.42 Å². The van der Waals surface area contributed by atoms with Gasteiger partial charge in [0, 0.05) is 12.7 Å². The molecule has 0 bridgehead atoms. The van der Waals surface area contributed by atoms with Crippen molar-refractivity contribution in [2.75, 3.05) is 13.7 Å². The standard InChI is InChI=1S/C16H18F3N3OS/c1-23-13-7-3-2-6-12(13)8-11-22-10-5-4-9-15(22,16(17,18)19)21-14(20)24/h2-7,9-10H,8,11H2,1H3,(H3,20,21,24). The maximum atomic E-state index is 13.7. The number of nitrogens with zero attached hydrogens (tertiary/aromatic N) is 1. The summed E-state index contributed by atoms with van der Waals surface area (Å²) in [7, 11) is 1.52. The number of nitrogens with one attached hydrogen (secondary N) is 1. The predicted octanol–water partition coefficient (Wildman–Crippen LogP) is 2.71. The number of benzene rings is 1. The van der Waals surface area contributed by atoms with Crippen LogP contribution in [0.2, 0.25) is 0 Å². The molecule has 2 rings (SSSR count). The average Bonchev–Trinajstić information content (AvgIpc) is 2.52. The third kappa shape index (κ3) is 3.64. The smallest absolute Gasteiger partial charge is 0.434 e. The molecule has 1 atom stereocenters. The molecule has 0 spiro atoms. The Kier molecular flexibility index (Phi) is 5.38. The maximum absolute atomic E-state index is 13.7. The number of methoxy groups -OCH3 is 1. The van der Waals surface area contributed by atoms with Crippen LogP contribution in [0.15, 0.2) is 48.7 Å². The summed E-state index contributed by atoms with van der Waals surface area (Å²) in [6, 6.07) is 7.21. The van der Waals surface area contributed by atoms with Crippen LogP contribution >= 0.6 is 12.2 Å². The molecule has 1 aliphatic heterocycles. The number of rotatable bonds is 5. The topological polar surface area (TPSA) is 50.5 Å². The van der Waals surface area contributed by atoms with E-state index in [9.17, 15) is 13.2 Å². The molecule has 0 radical (unpaired) electrons. The van der Waals surface area contributed by atoms with Gasteiger partial charge in [0.15, 0.2) is 5.11 Å². The van der Waals surface area contributed by atoms with Crippen LogP contribution in [0, 0.1) is 0 Å². The van der Waals surface area contributed by atoms with E-state index in [2.05, 4.69) is 17.5 Å². The highest BCUT2D eigenvalue weighted by atomic mass is 32.1. The van der Waals surface area contributed by atoms with Crippen molar-refractivity contribution in [1.29, 1.82) is 0 Å². The molecule has 0 amide bonds. The van der Waals surface area contributed by atoms with E-state index in [0.717, 1.165) is 16.5 Å². The molecule has 1 aliphatic rings. The van der Waals surface area contributed by atoms with Crippen LogP contribution in [0.3, 0.4) is 0 Å². The van der Waals surface area contributed by atoms with Gasteiger partial charge in [-0.3, -0.25) is 0 Å². The van der Waals surface area contributed by atoms with E-state index in [-0.39, 0.29) is 6.54 Å². The zero-order valence-electron chi connectivity index (χ0n) is 13.0. The minimum Gasteiger partial charge on any atom is -0.496 e. The fourth-order valence-corrected chi connectivity index (χ4v) is 2.75. The van der Waals surface area contributed by atoms with Crippen molar-refractivity contribution in [3.05, 3.63) is 54.3 Å². The SMILES string of the molecule is COc1ccccc1CCN1C=CC=CC1(NC(N)=S)C(F)(F)F. The third-order valence-corrected chi connectivity index (χ3v) is 3.83. The molecule has 24 heavy (non-hydrogen) atoms. The van der Waals surface area contributed by atoms with E-state index < -0.39 is 17.0 Å². The minimum absolute atomic E-state index is 0.0936. The first-order chi connectivity index (χ1) is 11.3. The van der Waals surface area contributed by atoms with E-state index in [1.807, 2.05) is 12.1 Å². The first-order valence-corrected chi connectivity index (χ1v) is 7.60. The van der Waals surface area contributed by atoms with Crippen LogP contribution < -0.4 is 15.8 Å². The second kappa shape index (κ2) is 7.12. The van der Waals surface area contributed by atoms with Gasteiger partial charge in [-0.15, -0.1) is 0 Å². The average molecular weight is 357 g/mol. The number of para-hydroxylation sites is 1. The van der Waals surface area contributed by atoms with Crippen LogP contribution in [0.1, 0.15) is 5.56 Å². The molecular formula is C16H18F3N3OS. The summed E-state index contributed by atoms with van der Waals surface area (Å²) >= 11 is 4.65. The van der Waals surface area contributed by atoms with Crippen molar-refractivity contribution in [3.63, 3.8) is 0 Å². The lowest BCUT2D eigenvalue weighted by Gasteiger charge is -2.44. The van der Waals surface area contributed by atoms with Gasteiger partial charge in [-0.1, -0.05) is 24.3 Å². The molecule has 8 heteroatoms. The highest BCUT2D eigenvalue weighted by Crippen LogP contribution is 2.37. The van der Waals surface area contributed by atoms with Gasteiger partial charge in [0.25, 0.3) is 0 Å². The van der Waals surface area contributed by atoms with E-state index in [4.69, 9.17) is 10.5 Å². The van der Waals surface area contributed by atoms with Gasteiger partial charge in [-0.05, 0) is 42.4 Å². The molecule has 0 saturated carbocycles. The number of ether oxygens (including phenoxy) is 1. The molecule has 0 fully saturated rings. The number of allylic oxidation sites excluding steroid dienone is 2. The molecule has 0 aromatic heterocycles. The second-order valence-electron chi connectivity index (χ2n) is 5.21. The Morgan fingerprint density at radius 2 is 2.04 bits per heavy atom. The highest BCUT2D eigenvalue weighted by Gasteiger charge is 2.57. The summed E-state index contributed by atoms with van der Waals surface area (Å²) < 4.78 is 46.5. The third-order valence-electron chi connectivity index (χ3n) is 3.73. The molecule has 1 aromatic rings. The molecule has 4 nitrogen and oxygen atoms in total. The van der Waals surface area contributed by atoms with E-state index in [1.165, 1.54) is 25.5 Å². The summed E-state index contributed by atoms with van der Waals surface area (Å²) in [5.74, 6) is 0.633. The molecule has 3 N–H and O–H groups in total. The Bertz CT molecular complexity index is 660. The molecule has 1 unspecified atom stereocenters. The van der Waals surface area contributed by atoms with Crippen molar-refractivity contribution in [1.82, 2.24) is 10.2 Å². The second-order valence-corrected chi connectivity index (χ2v) is 5.65. The number of nitrogens with two attached hydrogens (primary N) is 1. The highest BCUT2D eigenvalue weighted by molar-refractivity contribution is 7.80. The van der Waals surface area contributed by atoms with E-state index >= 15 is 0 Å². The van der Waals surface area contributed by atoms with Crippen molar-refractivity contribution < 1.29 is 17.9 Å². The summed E-state index contributed by atoms with van der Waals surface area (Å²) in [4.78, 5) is 1.14. The minimum atomic E-state index is -4.61. The number of halogens is 3. The fourth-order valence-electron chi connectivity index (χ4n) is 2.59. The zero-order chi connectivity index (χ0) is 17.8. The molecule has 130 valence electrons. The van der Waals surface area contributed by atoms with Crippen LogP contribution in [-0.4, -0.2) is 35.5 Å². The maximum Gasteiger partial charge on any atom is 0.434 e. The van der Waals surface area contributed by atoms with E-state index in [1.54, 1.807) is 12.1 Å². The van der Waals surface area contributed by atoms with Crippen molar-refractivity contribution >= 4 is 17.3 Å². The van der Waals surface area contributed by atoms with Gasteiger partial charge < -0.3 is 20.7 Å². The van der Waals surface area contributed by atoms with Crippen molar-refractivity contribution in [2.24, 2.45) is 5.73 Å². The van der Waals surface area contributed by atoms with Gasteiger partial charge >= 0.3 is 6.18 Å². The monoisotopic (exact) mass is 357 g/mol. The van der Waals surface area contributed by atoms with Gasteiger partial charge in [-0.25, -0.2) is 0 Å². The van der Waals surface area contributed by atoms with Crippen LogP contribution in [0.25, 0.3) is 0 Å². The predicted molar refractivity (Wildman–Crippen MR) is 90.4 cm³/mol. The molecule has 1 heterocycles. The van der Waals surface area contributed by atoms with Gasteiger partial charge in [0.05, 0.1) is 7.11 Å². The quantitative estimate of drug-likeness (QED) is 0.794. The zero-order valence-corrected chi connectivity index (χ0v) is 13.8. The van der Waals surface area contributed by atoms with E-state index in [0.29, 0.717) is 12.2 Å². The first-order valence-electron chi connectivity index (χ1n) is 7.19. The number of hydrogen-bond donors (Lipinski definition) is 2. The normalized spacial score (nSPS) is 20.1. The molecule has 1 aromatic carbocycles. The number of alkyl halides is 3. The summed E-state index contributed by atoms with van der Waals surface area (Å²) in [6.07, 6.45) is 0.978. The van der Waals surface area contributed by atoms with Crippen molar-refractivity contribution in [3.8, 4) is 5.75 Å². The Morgan fingerprint density at radius 1 is 1.33 bits per heavy atom. The largest absolute Gasteiger partial charge is 0.496 e. The Morgan fingerprint density at radius 3 is 2.67 bits per heavy atom. The Balaban J connectivity index is 2.27. The lowest BCUT2D eigenvalue weighted by molar-refractivity contribution is -0.213. The molecular weight excluding hydrogens is 339 g/mol. The summed E-state index contributed by atoms with van der Waals surface area (Å²) in [5, 5.41) is 1.77. The van der Waals surface area contributed by atoms with Gasteiger partial charge in [-0.2, -0.15) is 13.2 Å². The lowest BCUT2D eigenvalue weighted by atomic mass is 10.0. The lowest BCUT2D eigenvalue weighted by Crippen LogP contribution is -2.67. The Labute approximate surface area is 143 Å². The number of thiocarbonyl (C=S) groups is 1. The Hall–Kier alpha value is -2.22.